The van der Waals surface area contributed by atoms with Crippen LogP contribution in [0.5, 0.6) is 0 Å². The smallest absolute Gasteiger partial charge is 0.255 e. The molecular formula is C24H26FN3O3. The molecule has 2 heterocycles. The van der Waals surface area contributed by atoms with Gasteiger partial charge in [0.05, 0.1) is 12.5 Å². The van der Waals surface area contributed by atoms with Gasteiger partial charge in [-0.05, 0) is 42.2 Å². The van der Waals surface area contributed by atoms with E-state index < -0.39 is 6.04 Å². The molecule has 0 aromatic heterocycles. The van der Waals surface area contributed by atoms with Gasteiger partial charge in [0.25, 0.3) is 5.91 Å². The molecule has 2 aliphatic heterocycles. The van der Waals surface area contributed by atoms with E-state index in [1.807, 2.05) is 23.1 Å². The lowest BCUT2D eigenvalue weighted by Gasteiger charge is -2.28. The van der Waals surface area contributed by atoms with Crippen molar-refractivity contribution in [2.45, 2.75) is 38.3 Å². The van der Waals surface area contributed by atoms with Gasteiger partial charge in [-0.1, -0.05) is 30.3 Å². The first-order valence-electron chi connectivity index (χ1n) is 10.7. The van der Waals surface area contributed by atoms with E-state index in [1.165, 1.54) is 12.1 Å². The third-order valence-corrected chi connectivity index (χ3v) is 5.96. The van der Waals surface area contributed by atoms with Crippen LogP contribution < -0.4 is 5.32 Å². The zero-order valence-corrected chi connectivity index (χ0v) is 17.4. The summed E-state index contributed by atoms with van der Waals surface area (Å²) < 4.78 is 13.5. The minimum Gasteiger partial charge on any atom is -0.356 e. The second-order valence-electron chi connectivity index (χ2n) is 8.05. The van der Waals surface area contributed by atoms with E-state index in [0.717, 1.165) is 24.1 Å². The van der Waals surface area contributed by atoms with Gasteiger partial charge in [-0.25, -0.2) is 4.39 Å². The number of halogens is 1. The molecule has 162 valence electrons. The Morgan fingerprint density at radius 3 is 2.58 bits per heavy atom. The van der Waals surface area contributed by atoms with Gasteiger partial charge in [0, 0.05) is 38.2 Å². The van der Waals surface area contributed by atoms with Crippen molar-refractivity contribution < 1.29 is 18.8 Å². The molecule has 1 N–H and O–H groups in total. The molecule has 31 heavy (non-hydrogen) atoms. The number of fused-ring (bicyclic) bond motifs is 1. The monoisotopic (exact) mass is 423 g/mol. The summed E-state index contributed by atoms with van der Waals surface area (Å²) in [4.78, 5) is 40.8. The summed E-state index contributed by atoms with van der Waals surface area (Å²) in [7, 11) is 0. The first kappa shape index (κ1) is 21.0. The van der Waals surface area contributed by atoms with E-state index in [0.29, 0.717) is 38.0 Å². The van der Waals surface area contributed by atoms with Crippen LogP contribution in [-0.2, 0) is 16.1 Å². The molecule has 0 saturated carbocycles. The van der Waals surface area contributed by atoms with Crippen LogP contribution in [0, 0.1) is 5.82 Å². The highest BCUT2D eigenvalue weighted by Gasteiger charge is 2.34. The summed E-state index contributed by atoms with van der Waals surface area (Å²) in [5.41, 5.74) is 2.29. The first-order chi connectivity index (χ1) is 15.0. The number of nitrogens with zero attached hydrogens (tertiary/aromatic N) is 2. The summed E-state index contributed by atoms with van der Waals surface area (Å²) in [5, 5.41) is 2.90. The van der Waals surface area contributed by atoms with Crippen LogP contribution in [0.4, 0.5) is 4.39 Å². The lowest BCUT2D eigenvalue weighted by Crippen LogP contribution is -2.35. The fraction of sp³-hybridized carbons (Fsp3) is 0.375. The number of hydrogen-bond acceptors (Lipinski definition) is 3. The number of likely N-dealkylation sites (tertiary alicyclic amines) is 1. The van der Waals surface area contributed by atoms with Crippen LogP contribution in [-0.4, -0.2) is 47.2 Å². The summed E-state index contributed by atoms with van der Waals surface area (Å²) in [6, 6.07) is 12.9. The second-order valence-corrected chi connectivity index (χ2v) is 8.05. The van der Waals surface area contributed by atoms with Gasteiger partial charge in [0.1, 0.15) is 5.82 Å². The molecule has 6 nitrogen and oxygen atoms in total. The normalized spacial score (nSPS) is 16.5. The second kappa shape index (κ2) is 9.29. The lowest BCUT2D eigenvalue weighted by atomic mass is 10.0. The standard InChI is InChI=1S/C24H26FN3O3/c25-19-10-8-17(9-11-19)21(28-16-18-5-1-2-6-20(18)24(28)31)15-22(29)26-12-4-14-27-13-3-7-23(27)30/h1-2,5-6,8-11,21H,3-4,7,12-16H2,(H,26,29)/t21-/m0/s1. The SMILES string of the molecule is O=C(C[C@@H](c1ccc(F)cc1)N1Cc2ccccc2C1=O)NCCCN1CCCC1=O. The van der Waals surface area contributed by atoms with Crippen molar-refractivity contribution in [2.24, 2.45) is 0 Å². The number of nitrogens with one attached hydrogen (secondary N) is 1. The predicted octanol–water partition coefficient (Wildman–Crippen LogP) is 3.04. The van der Waals surface area contributed by atoms with Gasteiger partial charge in [0.2, 0.25) is 11.8 Å². The third-order valence-electron chi connectivity index (χ3n) is 5.96. The number of carbonyl (C=O) groups is 3. The molecule has 2 aromatic carbocycles. The fourth-order valence-corrected chi connectivity index (χ4v) is 4.31. The van der Waals surface area contributed by atoms with Crippen molar-refractivity contribution in [1.82, 2.24) is 15.1 Å². The van der Waals surface area contributed by atoms with Crippen molar-refractivity contribution in [3.05, 3.63) is 71.0 Å². The van der Waals surface area contributed by atoms with Crippen molar-refractivity contribution in [1.29, 1.82) is 0 Å². The summed E-state index contributed by atoms with van der Waals surface area (Å²) in [6.45, 7) is 2.31. The molecule has 0 unspecified atom stereocenters. The molecule has 2 aromatic rings. The highest BCUT2D eigenvalue weighted by Crippen LogP contribution is 2.33. The van der Waals surface area contributed by atoms with Gasteiger partial charge in [-0.3, -0.25) is 14.4 Å². The van der Waals surface area contributed by atoms with Crippen molar-refractivity contribution in [3.8, 4) is 0 Å². The summed E-state index contributed by atoms with van der Waals surface area (Å²) in [6.07, 6.45) is 2.29. The Hall–Kier alpha value is -3.22. The Labute approximate surface area is 181 Å². The molecule has 0 spiro atoms. The van der Waals surface area contributed by atoms with Gasteiger partial charge < -0.3 is 15.1 Å². The predicted molar refractivity (Wildman–Crippen MR) is 114 cm³/mol. The fourth-order valence-electron chi connectivity index (χ4n) is 4.31. The van der Waals surface area contributed by atoms with Gasteiger partial charge >= 0.3 is 0 Å². The quantitative estimate of drug-likeness (QED) is 0.664. The maximum absolute atomic E-state index is 13.5. The van der Waals surface area contributed by atoms with Crippen LogP contribution in [0.1, 0.15) is 53.2 Å². The van der Waals surface area contributed by atoms with E-state index in [4.69, 9.17) is 0 Å². The Kier molecular flexibility index (Phi) is 6.30. The van der Waals surface area contributed by atoms with E-state index >= 15 is 0 Å². The van der Waals surface area contributed by atoms with Crippen LogP contribution in [0.3, 0.4) is 0 Å². The molecular weight excluding hydrogens is 397 g/mol. The topological polar surface area (TPSA) is 69.7 Å². The molecule has 1 saturated heterocycles. The summed E-state index contributed by atoms with van der Waals surface area (Å²) >= 11 is 0. The highest BCUT2D eigenvalue weighted by atomic mass is 19.1. The molecule has 1 atom stereocenters. The van der Waals surface area contributed by atoms with Crippen molar-refractivity contribution in [2.75, 3.05) is 19.6 Å². The molecule has 0 aliphatic carbocycles. The number of benzene rings is 2. The third kappa shape index (κ3) is 4.76. The average molecular weight is 423 g/mol. The molecule has 7 heteroatoms. The average Bonchev–Trinajstić information content (AvgIpc) is 3.33. The van der Waals surface area contributed by atoms with Crippen LogP contribution in [0.2, 0.25) is 0 Å². The van der Waals surface area contributed by atoms with E-state index in [-0.39, 0.29) is 30.0 Å². The first-order valence-corrected chi connectivity index (χ1v) is 10.7. The maximum Gasteiger partial charge on any atom is 0.255 e. The van der Waals surface area contributed by atoms with Crippen LogP contribution in [0.25, 0.3) is 0 Å². The van der Waals surface area contributed by atoms with Gasteiger partial charge in [0.15, 0.2) is 0 Å². The Bertz CT molecular complexity index is 976. The Morgan fingerprint density at radius 1 is 1.10 bits per heavy atom. The minimum atomic E-state index is -0.486. The number of carbonyl (C=O) groups excluding carboxylic acids is 3. The largest absolute Gasteiger partial charge is 0.356 e. The minimum absolute atomic E-state index is 0.0913. The molecule has 3 amide bonds. The van der Waals surface area contributed by atoms with Crippen LogP contribution >= 0.6 is 0 Å². The van der Waals surface area contributed by atoms with E-state index in [2.05, 4.69) is 5.32 Å². The maximum atomic E-state index is 13.5. The summed E-state index contributed by atoms with van der Waals surface area (Å²) in [5.74, 6) is -0.481. The molecule has 0 radical (unpaired) electrons. The Balaban J connectivity index is 1.40. The van der Waals surface area contributed by atoms with Crippen molar-refractivity contribution in [3.63, 3.8) is 0 Å². The van der Waals surface area contributed by atoms with Gasteiger partial charge in [-0.15, -0.1) is 0 Å². The number of hydrogen-bond donors (Lipinski definition) is 1. The van der Waals surface area contributed by atoms with E-state index in [1.54, 1.807) is 23.1 Å². The highest BCUT2D eigenvalue weighted by molar-refractivity contribution is 5.98. The zero-order chi connectivity index (χ0) is 21.8. The molecule has 1 fully saturated rings. The van der Waals surface area contributed by atoms with Crippen molar-refractivity contribution >= 4 is 17.7 Å². The van der Waals surface area contributed by atoms with E-state index in [9.17, 15) is 18.8 Å². The zero-order valence-electron chi connectivity index (χ0n) is 17.4. The molecule has 0 bridgehead atoms. The number of amides is 3. The lowest BCUT2D eigenvalue weighted by molar-refractivity contribution is -0.127. The molecule has 4 rings (SSSR count). The van der Waals surface area contributed by atoms with Crippen LogP contribution in [0.15, 0.2) is 48.5 Å². The Morgan fingerprint density at radius 2 is 1.87 bits per heavy atom. The van der Waals surface area contributed by atoms with Gasteiger partial charge in [-0.2, -0.15) is 0 Å². The number of rotatable bonds is 8. The molecule has 2 aliphatic rings.